The normalized spacial score (nSPS) is 37.4. The Balaban J connectivity index is 1.64. The molecule has 1 aliphatic carbocycles. The monoisotopic (exact) mass is 289 g/mol. The lowest BCUT2D eigenvalue weighted by Crippen LogP contribution is -2.49. The Bertz CT molecular complexity index is 370. The number of amides is 1. The van der Waals surface area contributed by atoms with Gasteiger partial charge in [0.05, 0.1) is 0 Å². The van der Waals surface area contributed by atoms with Gasteiger partial charge in [-0.25, -0.2) is 0 Å². The van der Waals surface area contributed by atoms with Crippen molar-refractivity contribution in [1.29, 1.82) is 0 Å². The Labute approximate surface area is 118 Å². The van der Waals surface area contributed by atoms with Crippen molar-refractivity contribution in [3.05, 3.63) is 0 Å². The maximum Gasteiger partial charge on any atom is 0.237 e. The number of ether oxygens (including phenoxy) is 1. The van der Waals surface area contributed by atoms with Gasteiger partial charge in [0.2, 0.25) is 17.5 Å². The first-order valence-electron chi connectivity index (χ1n) is 7.00. The third-order valence-electron chi connectivity index (χ3n) is 4.60. The zero-order valence-electron chi connectivity index (χ0n) is 11.2. The summed E-state index contributed by atoms with van der Waals surface area (Å²) >= 11 is 5.58. The summed E-state index contributed by atoms with van der Waals surface area (Å²) in [5.74, 6) is -0.860. The van der Waals surface area contributed by atoms with E-state index in [-0.39, 0.29) is 11.8 Å². The zero-order chi connectivity index (χ0) is 13.5. The van der Waals surface area contributed by atoms with Crippen LogP contribution in [-0.4, -0.2) is 41.4 Å². The van der Waals surface area contributed by atoms with Gasteiger partial charge in [-0.1, -0.05) is 6.92 Å². The fourth-order valence-corrected chi connectivity index (χ4v) is 3.43. The number of rotatable bonds is 1. The van der Waals surface area contributed by atoms with Gasteiger partial charge in [-0.3, -0.25) is 4.79 Å². The maximum atomic E-state index is 11.6. The van der Waals surface area contributed by atoms with Crippen molar-refractivity contribution in [2.24, 2.45) is 5.92 Å². The van der Waals surface area contributed by atoms with Crippen LogP contribution in [0.15, 0.2) is 0 Å². The standard InChI is InChI=1S/C13H20ClNO4/c1-10-3-2-4-13(10)17-12(18-19-13)5-7-15(8-6-12)11(16)9-14/h10H,2-9H2,1H3. The van der Waals surface area contributed by atoms with E-state index in [1.807, 2.05) is 0 Å². The second kappa shape index (κ2) is 4.88. The van der Waals surface area contributed by atoms with Crippen LogP contribution in [0.4, 0.5) is 0 Å². The number of halogens is 1. The van der Waals surface area contributed by atoms with Gasteiger partial charge in [0.1, 0.15) is 5.88 Å². The molecule has 0 N–H and O–H groups in total. The number of nitrogens with zero attached hydrogens (tertiary/aromatic N) is 1. The van der Waals surface area contributed by atoms with E-state index in [1.54, 1.807) is 4.90 Å². The van der Waals surface area contributed by atoms with Crippen LogP contribution in [0.2, 0.25) is 0 Å². The summed E-state index contributed by atoms with van der Waals surface area (Å²) in [5.41, 5.74) is 0. The summed E-state index contributed by atoms with van der Waals surface area (Å²) in [4.78, 5) is 24.4. The third kappa shape index (κ3) is 2.27. The number of hydrogen-bond acceptors (Lipinski definition) is 4. The van der Waals surface area contributed by atoms with Gasteiger partial charge in [0.15, 0.2) is 0 Å². The van der Waals surface area contributed by atoms with Crippen LogP contribution in [0, 0.1) is 5.92 Å². The van der Waals surface area contributed by atoms with E-state index in [9.17, 15) is 4.79 Å². The molecule has 6 heteroatoms. The van der Waals surface area contributed by atoms with Gasteiger partial charge in [0.25, 0.3) is 0 Å². The van der Waals surface area contributed by atoms with Crippen molar-refractivity contribution < 1.29 is 19.3 Å². The second-order valence-corrected chi connectivity index (χ2v) is 6.07. The van der Waals surface area contributed by atoms with Crippen LogP contribution in [0.3, 0.4) is 0 Å². The molecule has 0 aromatic heterocycles. The third-order valence-corrected chi connectivity index (χ3v) is 4.83. The van der Waals surface area contributed by atoms with Gasteiger partial charge in [0, 0.05) is 38.3 Å². The summed E-state index contributed by atoms with van der Waals surface area (Å²) in [6, 6.07) is 0. The van der Waals surface area contributed by atoms with Crippen LogP contribution in [0.25, 0.3) is 0 Å². The molecule has 2 unspecified atom stereocenters. The van der Waals surface area contributed by atoms with Crippen LogP contribution >= 0.6 is 11.6 Å². The van der Waals surface area contributed by atoms with E-state index in [2.05, 4.69) is 6.92 Å². The maximum absolute atomic E-state index is 11.6. The molecule has 0 aromatic carbocycles. The predicted octanol–water partition coefficient (Wildman–Crippen LogP) is 2.04. The fraction of sp³-hybridized carbons (Fsp3) is 0.923. The number of alkyl halides is 1. The molecule has 108 valence electrons. The topological polar surface area (TPSA) is 48.0 Å². The predicted molar refractivity (Wildman–Crippen MR) is 68.3 cm³/mol. The number of carbonyl (C=O) groups excluding carboxylic acids is 1. The minimum absolute atomic E-state index is 0.0284. The van der Waals surface area contributed by atoms with Gasteiger partial charge in [-0.15, -0.1) is 11.6 Å². The molecule has 2 aliphatic heterocycles. The molecule has 3 rings (SSSR count). The molecule has 19 heavy (non-hydrogen) atoms. The lowest BCUT2D eigenvalue weighted by molar-refractivity contribution is -0.359. The highest BCUT2D eigenvalue weighted by Gasteiger charge is 2.58. The van der Waals surface area contributed by atoms with Crippen LogP contribution in [0.1, 0.15) is 39.0 Å². The van der Waals surface area contributed by atoms with Crippen molar-refractivity contribution in [2.45, 2.75) is 50.6 Å². The van der Waals surface area contributed by atoms with Crippen molar-refractivity contribution in [2.75, 3.05) is 19.0 Å². The first kappa shape index (κ1) is 13.6. The Morgan fingerprint density at radius 1 is 1.32 bits per heavy atom. The lowest BCUT2D eigenvalue weighted by atomic mass is 10.0. The molecule has 0 bridgehead atoms. The van der Waals surface area contributed by atoms with Crippen molar-refractivity contribution in [3.8, 4) is 0 Å². The molecule has 1 saturated carbocycles. The van der Waals surface area contributed by atoms with Gasteiger partial charge in [-0.05, 0) is 12.8 Å². The molecular weight excluding hydrogens is 270 g/mol. The van der Waals surface area contributed by atoms with E-state index >= 15 is 0 Å². The number of likely N-dealkylation sites (tertiary alicyclic amines) is 1. The smallest absolute Gasteiger partial charge is 0.237 e. The first-order chi connectivity index (χ1) is 9.09. The van der Waals surface area contributed by atoms with E-state index < -0.39 is 11.6 Å². The average Bonchev–Trinajstić information content (AvgIpc) is 2.96. The van der Waals surface area contributed by atoms with Crippen molar-refractivity contribution in [3.63, 3.8) is 0 Å². The highest BCUT2D eigenvalue weighted by atomic mass is 35.5. The SMILES string of the molecule is CC1CCCC12OOC1(CCN(C(=O)CCl)CC1)O2. The van der Waals surface area contributed by atoms with Gasteiger partial charge in [-0.2, -0.15) is 9.78 Å². The summed E-state index contributed by atoms with van der Waals surface area (Å²) in [7, 11) is 0. The molecule has 3 aliphatic rings. The molecule has 2 heterocycles. The molecule has 2 atom stereocenters. The molecular formula is C13H20ClNO4. The highest BCUT2D eigenvalue weighted by molar-refractivity contribution is 6.27. The summed E-state index contributed by atoms with van der Waals surface area (Å²) in [5, 5.41) is 0. The Morgan fingerprint density at radius 2 is 2.05 bits per heavy atom. The molecule has 0 aromatic rings. The molecule has 2 spiro atoms. The van der Waals surface area contributed by atoms with Gasteiger partial charge < -0.3 is 9.64 Å². The van der Waals surface area contributed by atoms with Crippen LogP contribution in [-0.2, 0) is 19.3 Å². The number of hydrogen-bond donors (Lipinski definition) is 0. The molecule has 3 fully saturated rings. The van der Waals surface area contributed by atoms with E-state index in [0.717, 1.165) is 19.3 Å². The van der Waals surface area contributed by atoms with E-state index in [1.165, 1.54) is 0 Å². The Morgan fingerprint density at radius 3 is 2.63 bits per heavy atom. The highest BCUT2D eigenvalue weighted by Crippen LogP contribution is 2.50. The quantitative estimate of drug-likeness (QED) is 0.547. The fourth-order valence-electron chi connectivity index (χ4n) is 3.26. The minimum atomic E-state index is -0.665. The summed E-state index contributed by atoms with van der Waals surface area (Å²) in [6.45, 7) is 3.36. The largest absolute Gasteiger partial charge is 0.341 e. The second-order valence-electron chi connectivity index (χ2n) is 5.80. The van der Waals surface area contributed by atoms with Crippen LogP contribution < -0.4 is 0 Å². The van der Waals surface area contributed by atoms with E-state index in [4.69, 9.17) is 26.1 Å². The Kier molecular flexibility index (Phi) is 3.50. The van der Waals surface area contributed by atoms with Crippen molar-refractivity contribution in [1.82, 2.24) is 4.90 Å². The molecule has 5 nitrogen and oxygen atoms in total. The van der Waals surface area contributed by atoms with Crippen molar-refractivity contribution >= 4 is 17.5 Å². The van der Waals surface area contributed by atoms with E-state index in [0.29, 0.717) is 31.8 Å². The summed E-state index contributed by atoms with van der Waals surface area (Å²) < 4.78 is 6.20. The lowest BCUT2D eigenvalue weighted by Gasteiger charge is -2.37. The molecule has 0 radical (unpaired) electrons. The number of piperidine rings is 1. The first-order valence-corrected chi connectivity index (χ1v) is 7.53. The minimum Gasteiger partial charge on any atom is -0.341 e. The molecule has 2 saturated heterocycles. The number of carbonyl (C=O) groups is 1. The molecule has 1 amide bonds. The Hall–Kier alpha value is -0.360. The zero-order valence-corrected chi connectivity index (χ0v) is 11.9. The van der Waals surface area contributed by atoms with Crippen LogP contribution in [0.5, 0.6) is 0 Å². The average molecular weight is 290 g/mol. The summed E-state index contributed by atoms with van der Waals surface area (Å²) in [6.07, 6.45) is 4.39. The van der Waals surface area contributed by atoms with Gasteiger partial charge >= 0.3 is 0 Å².